The minimum absolute atomic E-state index is 0.0447. The second kappa shape index (κ2) is 7.89. The Kier molecular flexibility index (Phi) is 5.57. The Balaban J connectivity index is 1.67. The van der Waals surface area contributed by atoms with Crippen molar-refractivity contribution < 1.29 is 19.7 Å². The number of nitrogens with zero attached hydrogens (tertiary/aromatic N) is 3. The van der Waals surface area contributed by atoms with Gasteiger partial charge >= 0.3 is 0 Å². The minimum atomic E-state index is -1.64. The van der Waals surface area contributed by atoms with Crippen molar-refractivity contribution in [2.75, 3.05) is 19.0 Å². The van der Waals surface area contributed by atoms with Crippen LogP contribution in [0, 0.1) is 5.92 Å². The highest BCUT2D eigenvalue weighted by atomic mass is 16.5. The average molecular weight is 372 g/mol. The molecule has 1 aliphatic rings. The Bertz CT molecular complexity index is 848. The highest BCUT2D eigenvalue weighted by Gasteiger charge is 2.48. The summed E-state index contributed by atoms with van der Waals surface area (Å²) in [5.74, 6) is -0.274. The summed E-state index contributed by atoms with van der Waals surface area (Å²) in [6, 6.07) is 5.17. The number of methoxy groups -OCH3 is 1. The molecule has 8 nitrogen and oxygen atoms in total. The fraction of sp³-hybridized carbons (Fsp3) is 0.421. The van der Waals surface area contributed by atoms with Gasteiger partial charge in [-0.3, -0.25) is 9.48 Å². The Morgan fingerprint density at radius 2 is 2.26 bits per heavy atom. The largest absolute Gasteiger partial charge is 0.497 e. The van der Waals surface area contributed by atoms with Crippen LogP contribution in [0.25, 0.3) is 0 Å². The first-order valence-electron chi connectivity index (χ1n) is 8.88. The summed E-state index contributed by atoms with van der Waals surface area (Å²) in [7, 11) is 1.55. The second-order valence-corrected chi connectivity index (χ2v) is 6.58. The van der Waals surface area contributed by atoms with E-state index in [4.69, 9.17) is 9.84 Å². The van der Waals surface area contributed by atoms with E-state index in [1.54, 1.807) is 43.1 Å². The van der Waals surface area contributed by atoms with Gasteiger partial charge in [0, 0.05) is 42.9 Å². The third-order valence-corrected chi connectivity index (χ3v) is 4.79. The van der Waals surface area contributed by atoms with Crippen LogP contribution in [0.4, 0.5) is 5.69 Å². The van der Waals surface area contributed by atoms with Crippen LogP contribution in [-0.4, -0.2) is 44.8 Å². The van der Waals surface area contributed by atoms with Crippen molar-refractivity contribution in [2.24, 2.45) is 5.92 Å². The van der Waals surface area contributed by atoms with Crippen LogP contribution in [0.1, 0.15) is 24.6 Å². The highest BCUT2D eigenvalue weighted by Crippen LogP contribution is 2.43. The van der Waals surface area contributed by atoms with E-state index in [0.29, 0.717) is 36.4 Å². The number of fused-ring (bicyclic) bond motifs is 1. The number of nitrogens with one attached hydrogen (secondary N) is 1. The van der Waals surface area contributed by atoms with E-state index in [1.165, 1.54) is 0 Å². The van der Waals surface area contributed by atoms with E-state index in [9.17, 15) is 9.90 Å². The number of ether oxygens (including phenoxy) is 1. The average Bonchev–Trinajstić information content (AvgIpc) is 3.22. The molecule has 1 aliphatic heterocycles. The summed E-state index contributed by atoms with van der Waals surface area (Å²) in [5.41, 5.74) is 0.232. The lowest BCUT2D eigenvalue weighted by Gasteiger charge is -2.26. The van der Waals surface area contributed by atoms with E-state index >= 15 is 0 Å². The van der Waals surface area contributed by atoms with Gasteiger partial charge in [0.25, 0.3) is 5.91 Å². The molecule has 0 fully saturated rings. The van der Waals surface area contributed by atoms with Crippen molar-refractivity contribution in [3.05, 3.63) is 47.8 Å². The molecule has 144 valence electrons. The van der Waals surface area contributed by atoms with Crippen LogP contribution in [0.3, 0.4) is 0 Å². The molecular weight excluding hydrogens is 348 g/mol. The van der Waals surface area contributed by atoms with Crippen molar-refractivity contribution >= 4 is 11.6 Å². The fourth-order valence-corrected chi connectivity index (χ4v) is 3.19. The van der Waals surface area contributed by atoms with E-state index in [2.05, 4.69) is 15.6 Å². The number of rotatable bonds is 8. The Labute approximate surface area is 157 Å². The second-order valence-electron chi connectivity index (χ2n) is 6.58. The minimum Gasteiger partial charge on any atom is -0.497 e. The normalized spacial score (nSPS) is 19.9. The smallest absolute Gasteiger partial charge is 0.261 e. The summed E-state index contributed by atoms with van der Waals surface area (Å²) < 4.78 is 6.92. The molecule has 2 atom stereocenters. The molecule has 0 bridgehead atoms. The molecular formula is C19H24N4O4. The third-order valence-electron chi connectivity index (χ3n) is 4.79. The quantitative estimate of drug-likeness (QED) is 0.602. The number of allylic oxidation sites excluding steroid dienone is 1. The van der Waals surface area contributed by atoms with Crippen LogP contribution in [-0.2, 0) is 23.4 Å². The fourth-order valence-electron chi connectivity index (χ4n) is 3.19. The Hall–Kier alpha value is -2.71. The number of carbonyl (C=O) groups is 1. The number of aromatic nitrogens is 3. The van der Waals surface area contributed by atoms with Crippen LogP contribution in [0.5, 0.6) is 5.75 Å². The predicted octanol–water partition coefficient (Wildman–Crippen LogP) is 1.24. The molecule has 0 saturated heterocycles. The molecule has 3 N–H and O–H groups in total. The lowest BCUT2D eigenvalue weighted by atomic mass is 9.83. The van der Waals surface area contributed by atoms with Crippen molar-refractivity contribution in [1.29, 1.82) is 0 Å². The standard InChI is InChI=1S/C19H24N4O4/c1-13(5-3-4-9-23-12-14(8-10-24)21-22-23)19(26)16-11-15(27-2)6-7-17(16)20-18(19)25/h3,5-7,11-13,24,26H,4,8-10H2,1-2H3,(H,20,25)/b5-3+/t13-,19+/m1/s1. The van der Waals surface area contributed by atoms with E-state index in [1.807, 2.05) is 12.2 Å². The molecule has 0 saturated carbocycles. The van der Waals surface area contributed by atoms with Crippen LogP contribution >= 0.6 is 0 Å². The van der Waals surface area contributed by atoms with Gasteiger partial charge in [-0.25, -0.2) is 0 Å². The molecule has 1 aromatic carbocycles. The van der Waals surface area contributed by atoms with Crippen molar-refractivity contribution in [1.82, 2.24) is 15.0 Å². The van der Waals surface area contributed by atoms with Gasteiger partial charge in [0.2, 0.25) is 0 Å². The topological polar surface area (TPSA) is 110 Å². The number of aryl methyl sites for hydroxylation is 1. The molecule has 0 radical (unpaired) electrons. The maximum absolute atomic E-state index is 12.4. The number of aliphatic hydroxyl groups excluding tert-OH is 1. The number of hydrogen-bond acceptors (Lipinski definition) is 6. The summed E-state index contributed by atoms with van der Waals surface area (Å²) >= 11 is 0. The SMILES string of the molecule is COc1ccc2c(c1)[C@@](O)([C@H](C)/C=C/CCn1cc(CCO)nn1)C(=O)N2. The van der Waals surface area contributed by atoms with Gasteiger partial charge < -0.3 is 20.3 Å². The first-order chi connectivity index (χ1) is 13.0. The van der Waals surface area contributed by atoms with E-state index in [-0.39, 0.29) is 6.61 Å². The molecule has 1 amide bonds. The van der Waals surface area contributed by atoms with E-state index < -0.39 is 17.4 Å². The van der Waals surface area contributed by atoms with Gasteiger partial charge in [-0.2, -0.15) is 0 Å². The summed E-state index contributed by atoms with van der Waals surface area (Å²) in [4.78, 5) is 12.4. The summed E-state index contributed by atoms with van der Waals surface area (Å²) in [5, 5.41) is 30.7. The molecule has 2 aromatic rings. The predicted molar refractivity (Wildman–Crippen MR) is 99.3 cm³/mol. The van der Waals surface area contributed by atoms with Gasteiger partial charge in [0.15, 0.2) is 5.60 Å². The maximum atomic E-state index is 12.4. The zero-order valence-electron chi connectivity index (χ0n) is 15.4. The zero-order chi connectivity index (χ0) is 19.4. The molecule has 0 spiro atoms. The highest BCUT2D eigenvalue weighted by molar-refractivity contribution is 6.05. The van der Waals surface area contributed by atoms with Gasteiger partial charge in [0.1, 0.15) is 5.75 Å². The molecule has 8 heteroatoms. The molecule has 27 heavy (non-hydrogen) atoms. The third kappa shape index (κ3) is 3.72. The Morgan fingerprint density at radius 1 is 1.44 bits per heavy atom. The summed E-state index contributed by atoms with van der Waals surface area (Å²) in [6.45, 7) is 2.47. The number of hydrogen-bond donors (Lipinski definition) is 3. The zero-order valence-corrected chi connectivity index (χ0v) is 15.4. The molecule has 0 aliphatic carbocycles. The van der Waals surface area contributed by atoms with Gasteiger partial charge in [-0.1, -0.05) is 24.3 Å². The lowest BCUT2D eigenvalue weighted by molar-refractivity contribution is -0.137. The van der Waals surface area contributed by atoms with Crippen LogP contribution in [0.2, 0.25) is 0 Å². The summed E-state index contributed by atoms with van der Waals surface area (Å²) in [6.07, 6.45) is 6.71. The number of carbonyl (C=O) groups excluding carboxylic acids is 1. The van der Waals surface area contributed by atoms with E-state index in [0.717, 1.165) is 5.69 Å². The lowest BCUT2D eigenvalue weighted by Crippen LogP contribution is -2.39. The monoisotopic (exact) mass is 372 g/mol. The van der Waals surface area contributed by atoms with Crippen molar-refractivity contribution in [3.63, 3.8) is 0 Å². The number of aliphatic hydroxyl groups is 2. The van der Waals surface area contributed by atoms with Crippen molar-refractivity contribution in [3.8, 4) is 5.75 Å². The molecule has 3 rings (SSSR count). The first-order valence-corrected chi connectivity index (χ1v) is 8.88. The first kappa shape index (κ1) is 19.1. The Morgan fingerprint density at radius 3 is 3.00 bits per heavy atom. The molecule has 0 unspecified atom stereocenters. The molecule has 2 heterocycles. The number of anilines is 1. The number of benzene rings is 1. The molecule has 1 aromatic heterocycles. The van der Waals surface area contributed by atoms with Gasteiger partial charge in [0.05, 0.1) is 12.8 Å². The maximum Gasteiger partial charge on any atom is 0.261 e. The van der Waals surface area contributed by atoms with Crippen molar-refractivity contribution in [2.45, 2.75) is 31.9 Å². The van der Waals surface area contributed by atoms with Crippen LogP contribution < -0.4 is 10.1 Å². The van der Waals surface area contributed by atoms with Crippen LogP contribution in [0.15, 0.2) is 36.5 Å². The van der Waals surface area contributed by atoms with Gasteiger partial charge in [-0.15, -0.1) is 5.10 Å². The van der Waals surface area contributed by atoms with Gasteiger partial charge in [-0.05, 0) is 24.6 Å². The number of amides is 1.